The Kier molecular flexibility index (Phi) is 4.75. The highest BCUT2D eigenvalue weighted by atomic mass is 16.1. The Morgan fingerprint density at radius 3 is 2.33 bits per heavy atom. The molecular formula is C20H21N3O. The average Bonchev–Trinajstić information content (AvgIpc) is 2.60. The zero-order valence-corrected chi connectivity index (χ0v) is 14.0. The Hall–Kier alpha value is -2.88. The molecule has 0 fully saturated rings. The molecule has 0 spiro atoms. The summed E-state index contributed by atoms with van der Waals surface area (Å²) in [4.78, 5) is 19.8. The van der Waals surface area contributed by atoms with E-state index in [1.807, 2.05) is 49.4 Å². The van der Waals surface area contributed by atoms with Crippen LogP contribution in [0.1, 0.15) is 29.3 Å². The van der Waals surface area contributed by atoms with Crippen LogP contribution in [-0.2, 0) is 12.8 Å². The second-order valence-corrected chi connectivity index (χ2v) is 5.82. The largest absolute Gasteiger partial charge is 0.326 e. The van der Waals surface area contributed by atoms with Gasteiger partial charge in [0.2, 0.25) is 5.95 Å². The first kappa shape index (κ1) is 16.0. The monoisotopic (exact) mass is 319 g/mol. The summed E-state index contributed by atoms with van der Waals surface area (Å²) in [5, 5.41) is 3.16. The first-order chi connectivity index (χ1) is 11.7. The maximum atomic E-state index is 12.4. The minimum atomic E-state index is -0.0981. The molecule has 0 radical (unpaired) electrons. The highest BCUT2D eigenvalue weighted by Gasteiger charge is 2.09. The van der Waals surface area contributed by atoms with E-state index in [4.69, 9.17) is 0 Å². The van der Waals surface area contributed by atoms with Gasteiger partial charge in [0.1, 0.15) is 0 Å². The molecule has 0 amide bonds. The summed E-state index contributed by atoms with van der Waals surface area (Å²) < 4.78 is 0. The molecule has 0 aliphatic rings. The van der Waals surface area contributed by atoms with Gasteiger partial charge in [-0.3, -0.25) is 9.78 Å². The highest BCUT2D eigenvalue weighted by Crippen LogP contribution is 2.15. The summed E-state index contributed by atoms with van der Waals surface area (Å²) in [6.07, 6.45) is 1.59. The van der Waals surface area contributed by atoms with Crippen LogP contribution in [-0.4, -0.2) is 9.97 Å². The molecule has 1 heterocycles. The van der Waals surface area contributed by atoms with Crippen LogP contribution in [0.5, 0.6) is 0 Å². The normalized spacial score (nSPS) is 10.6. The summed E-state index contributed by atoms with van der Waals surface area (Å²) in [6.45, 7) is 4.00. The number of aromatic amines is 1. The van der Waals surface area contributed by atoms with Crippen molar-refractivity contribution in [1.29, 1.82) is 0 Å². The molecule has 4 heteroatoms. The smallest absolute Gasteiger partial charge is 0.256 e. The third-order valence-corrected chi connectivity index (χ3v) is 4.07. The molecule has 3 rings (SSSR count). The van der Waals surface area contributed by atoms with Crippen molar-refractivity contribution in [2.24, 2.45) is 0 Å². The van der Waals surface area contributed by atoms with Crippen molar-refractivity contribution in [2.45, 2.75) is 26.7 Å². The van der Waals surface area contributed by atoms with Crippen molar-refractivity contribution in [2.75, 3.05) is 5.32 Å². The molecule has 0 aliphatic carbocycles. The lowest BCUT2D eigenvalue weighted by Gasteiger charge is -2.10. The van der Waals surface area contributed by atoms with Gasteiger partial charge in [-0.2, -0.15) is 0 Å². The molecule has 2 aromatic carbocycles. The van der Waals surface area contributed by atoms with Gasteiger partial charge < -0.3 is 5.32 Å². The molecule has 3 aromatic rings. The first-order valence-electron chi connectivity index (χ1n) is 8.15. The van der Waals surface area contributed by atoms with E-state index in [1.165, 1.54) is 5.56 Å². The molecule has 24 heavy (non-hydrogen) atoms. The number of aromatic nitrogens is 2. The number of nitrogens with one attached hydrogen (secondary N) is 2. The Balaban J connectivity index is 1.82. The Labute approximate surface area is 141 Å². The van der Waals surface area contributed by atoms with Gasteiger partial charge in [-0.1, -0.05) is 49.4 Å². The van der Waals surface area contributed by atoms with Crippen LogP contribution in [0, 0.1) is 6.92 Å². The molecule has 2 N–H and O–H groups in total. The predicted octanol–water partition coefficient (Wildman–Crippen LogP) is 3.98. The Bertz CT molecular complexity index is 868. The summed E-state index contributed by atoms with van der Waals surface area (Å²) in [6, 6.07) is 18.1. The van der Waals surface area contributed by atoms with Gasteiger partial charge in [0, 0.05) is 17.7 Å². The average molecular weight is 319 g/mol. The van der Waals surface area contributed by atoms with Crippen LogP contribution in [0.3, 0.4) is 0 Å². The molecule has 0 atom stereocenters. The fourth-order valence-corrected chi connectivity index (χ4v) is 2.64. The molecule has 1 aromatic heterocycles. The van der Waals surface area contributed by atoms with Crippen molar-refractivity contribution in [1.82, 2.24) is 9.97 Å². The topological polar surface area (TPSA) is 57.8 Å². The van der Waals surface area contributed by atoms with Gasteiger partial charge in [0.15, 0.2) is 0 Å². The van der Waals surface area contributed by atoms with Crippen LogP contribution in [0.2, 0.25) is 0 Å². The van der Waals surface area contributed by atoms with Gasteiger partial charge in [0.05, 0.1) is 5.69 Å². The van der Waals surface area contributed by atoms with E-state index in [-0.39, 0.29) is 5.56 Å². The molecule has 122 valence electrons. The van der Waals surface area contributed by atoms with Crippen molar-refractivity contribution in [3.8, 4) is 0 Å². The third-order valence-electron chi connectivity index (χ3n) is 4.07. The lowest BCUT2D eigenvalue weighted by molar-refractivity contribution is 0.985. The lowest BCUT2D eigenvalue weighted by Crippen LogP contribution is -2.18. The van der Waals surface area contributed by atoms with E-state index in [0.717, 1.165) is 23.4 Å². The molecule has 0 aliphatic heterocycles. The van der Waals surface area contributed by atoms with Crippen LogP contribution in [0.15, 0.2) is 59.4 Å². The molecule has 4 nitrogen and oxygen atoms in total. The third kappa shape index (κ3) is 3.71. The summed E-state index contributed by atoms with van der Waals surface area (Å²) in [7, 11) is 0. The SMILES string of the molecule is CCc1ccc(Nc2nc(C)c(Cc3ccccc3)c(=O)[nH]2)cc1. The second kappa shape index (κ2) is 7.13. The summed E-state index contributed by atoms with van der Waals surface area (Å²) in [5.41, 5.74) is 4.63. The molecule has 0 saturated heterocycles. The number of benzene rings is 2. The van der Waals surface area contributed by atoms with Gasteiger partial charge in [-0.15, -0.1) is 0 Å². The minimum absolute atomic E-state index is 0.0981. The molecule has 0 unspecified atom stereocenters. The van der Waals surface area contributed by atoms with Crippen LogP contribution < -0.4 is 10.9 Å². The quantitative estimate of drug-likeness (QED) is 0.748. The van der Waals surface area contributed by atoms with Crippen molar-refractivity contribution in [3.63, 3.8) is 0 Å². The number of hydrogen-bond donors (Lipinski definition) is 2. The minimum Gasteiger partial charge on any atom is -0.326 e. The van der Waals surface area contributed by atoms with E-state index in [1.54, 1.807) is 0 Å². The second-order valence-electron chi connectivity index (χ2n) is 5.82. The standard InChI is InChI=1S/C20H21N3O/c1-3-15-9-11-17(12-10-15)22-20-21-14(2)18(19(24)23-20)13-16-7-5-4-6-8-16/h4-12H,3,13H2,1-2H3,(H2,21,22,23,24). The summed E-state index contributed by atoms with van der Waals surface area (Å²) in [5.74, 6) is 0.471. The van der Waals surface area contributed by atoms with Gasteiger partial charge in [-0.25, -0.2) is 4.98 Å². The predicted molar refractivity (Wildman–Crippen MR) is 97.9 cm³/mol. The molecule has 0 bridgehead atoms. The number of aryl methyl sites for hydroxylation is 2. The van der Waals surface area contributed by atoms with E-state index in [2.05, 4.69) is 34.3 Å². The highest BCUT2D eigenvalue weighted by molar-refractivity contribution is 5.54. The van der Waals surface area contributed by atoms with Gasteiger partial charge in [0.25, 0.3) is 5.56 Å². The number of anilines is 2. The van der Waals surface area contributed by atoms with Crippen molar-refractivity contribution in [3.05, 3.63) is 87.3 Å². The maximum absolute atomic E-state index is 12.4. The zero-order chi connectivity index (χ0) is 16.9. The van der Waals surface area contributed by atoms with Crippen molar-refractivity contribution < 1.29 is 0 Å². The van der Waals surface area contributed by atoms with Gasteiger partial charge in [-0.05, 0) is 36.6 Å². The summed E-state index contributed by atoms with van der Waals surface area (Å²) >= 11 is 0. The number of H-pyrrole nitrogens is 1. The zero-order valence-electron chi connectivity index (χ0n) is 14.0. The number of nitrogens with zero attached hydrogens (tertiary/aromatic N) is 1. The van der Waals surface area contributed by atoms with E-state index in [0.29, 0.717) is 17.9 Å². The Morgan fingerprint density at radius 2 is 1.71 bits per heavy atom. The number of rotatable bonds is 5. The first-order valence-corrected chi connectivity index (χ1v) is 8.15. The molecule has 0 saturated carbocycles. The fourth-order valence-electron chi connectivity index (χ4n) is 2.64. The fraction of sp³-hybridized carbons (Fsp3) is 0.200. The van der Waals surface area contributed by atoms with E-state index < -0.39 is 0 Å². The number of hydrogen-bond acceptors (Lipinski definition) is 3. The van der Waals surface area contributed by atoms with Crippen LogP contribution >= 0.6 is 0 Å². The van der Waals surface area contributed by atoms with Crippen molar-refractivity contribution >= 4 is 11.6 Å². The van der Waals surface area contributed by atoms with E-state index in [9.17, 15) is 4.79 Å². The molecular weight excluding hydrogens is 298 g/mol. The van der Waals surface area contributed by atoms with Crippen LogP contribution in [0.4, 0.5) is 11.6 Å². The maximum Gasteiger partial charge on any atom is 0.256 e. The van der Waals surface area contributed by atoms with E-state index >= 15 is 0 Å². The van der Waals surface area contributed by atoms with Crippen LogP contribution in [0.25, 0.3) is 0 Å². The van der Waals surface area contributed by atoms with Gasteiger partial charge >= 0.3 is 0 Å². The Morgan fingerprint density at radius 1 is 1.00 bits per heavy atom. The lowest BCUT2D eigenvalue weighted by atomic mass is 10.1.